The van der Waals surface area contributed by atoms with E-state index in [0.717, 1.165) is 11.3 Å². The Morgan fingerprint density at radius 1 is 1.11 bits per heavy atom. The molecule has 0 saturated heterocycles. The first-order valence-electron chi connectivity index (χ1n) is 8.76. The first kappa shape index (κ1) is 19.6. The number of hydrogen-bond donors (Lipinski definition) is 0. The maximum atomic E-state index is 13.1. The number of aromatic nitrogens is 2. The van der Waals surface area contributed by atoms with Crippen LogP contribution in [0.2, 0.25) is 5.02 Å². The number of carbonyl (C=O) groups excluding carboxylic acids is 1. The van der Waals surface area contributed by atoms with Gasteiger partial charge in [-0.1, -0.05) is 23.7 Å². The Kier molecular flexibility index (Phi) is 6.45. The van der Waals surface area contributed by atoms with Crippen molar-refractivity contribution in [1.29, 1.82) is 0 Å². The summed E-state index contributed by atoms with van der Waals surface area (Å²) in [5.41, 5.74) is 1.55. The van der Waals surface area contributed by atoms with Crippen LogP contribution in [0, 0.1) is 0 Å². The fourth-order valence-corrected chi connectivity index (χ4v) is 2.93. The van der Waals surface area contributed by atoms with Crippen LogP contribution in [0.15, 0.2) is 60.9 Å². The van der Waals surface area contributed by atoms with Gasteiger partial charge < -0.3 is 14.4 Å². The van der Waals surface area contributed by atoms with E-state index in [2.05, 4.69) is 9.97 Å². The number of amides is 1. The zero-order chi connectivity index (χ0) is 19.9. The monoisotopic (exact) mass is 397 g/mol. The van der Waals surface area contributed by atoms with Gasteiger partial charge in [0.05, 0.1) is 25.3 Å². The molecule has 0 spiro atoms. The van der Waals surface area contributed by atoms with Gasteiger partial charge >= 0.3 is 0 Å². The minimum Gasteiger partial charge on any atom is -0.495 e. The van der Waals surface area contributed by atoms with Crippen molar-refractivity contribution < 1.29 is 14.3 Å². The van der Waals surface area contributed by atoms with Gasteiger partial charge in [-0.2, -0.15) is 0 Å². The summed E-state index contributed by atoms with van der Waals surface area (Å²) in [6.07, 6.45) is 3.08. The lowest BCUT2D eigenvalue weighted by Gasteiger charge is -2.23. The van der Waals surface area contributed by atoms with Crippen LogP contribution < -0.4 is 14.4 Å². The van der Waals surface area contributed by atoms with E-state index >= 15 is 0 Å². The van der Waals surface area contributed by atoms with Crippen molar-refractivity contribution in [2.45, 2.75) is 13.5 Å². The summed E-state index contributed by atoms with van der Waals surface area (Å²) in [6.45, 7) is 2.85. The Hall–Kier alpha value is -3.12. The first-order valence-corrected chi connectivity index (χ1v) is 9.14. The van der Waals surface area contributed by atoms with Gasteiger partial charge in [-0.25, -0.2) is 9.97 Å². The maximum Gasteiger partial charge on any atom is 0.296 e. The van der Waals surface area contributed by atoms with Crippen LogP contribution in [0.1, 0.15) is 23.1 Å². The van der Waals surface area contributed by atoms with Crippen molar-refractivity contribution in [1.82, 2.24) is 9.97 Å². The predicted molar refractivity (Wildman–Crippen MR) is 108 cm³/mol. The van der Waals surface area contributed by atoms with Crippen LogP contribution >= 0.6 is 11.6 Å². The van der Waals surface area contributed by atoms with E-state index in [1.54, 1.807) is 36.3 Å². The van der Waals surface area contributed by atoms with Gasteiger partial charge in [0.1, 0.15) is 11.5 Å². The van der Waals surface area contributed by atoms with Gasteiger partial charge in [-0.05, 0) is 48.9 Å². The zero-order valence-corrected chi connectivity index (χ0v) is 16.4. The number of rotatable bonds is 7. The van der Waals surface area contributed by atoms with Crippen LogP contribution in [0.25, 0.3) is 0 Å². The first-order chi connectivity index (χ1) is 13.6. The second-order valence-electron chi connectivity index (χ2n) is 5.86. The van der Waals surface area contributed by atoms with Crippen molar-refractivity contribution in [2.75, 3.05) is 18.6 Å². The lowest BCUT2D eigenvalue weighted by atomic mass is 10.1. The molecule has 0 atom stereocenters. The van der Waals surface area contributed by atoms with Gasteiger partial charge in [-0.15, -0.1) is 0 Å². The zero-order valence-electron chi connectivity index (χ0n) is 15.6. The number of methoxy groups -OCH3 is 1. The fraction of sp³-hybridized carbons (Fsp3) is 0.190. The van der Waals surface area contributed by atoms with Crippen molar-refractivity contribution in [3.8, 4) is 11.5 Å². The minimum atomic E-state index is -0.323. The van der Waals surface area contributed by atoms with Crippen molar-refractivity contribution in [2.24, 2.45) is 0 Å². The molecule has 3 rings (SSSR count). The largest absolute Gasteiger partial charge is 0.495 e. The van der Waals surface area contributed by atoms with Gasteiger partial charge in [-0.3, -0.25) is 4.79 Å². The van der Waals surface area contributed by atoms with Crippen LogP contribution in [0.5, 0.6) is 11.5 Å². The number of nitrogens with zero attached hydrogens (tertiary/aromatic N) is 3. The number of anilines is 1. The van der Waals surface area contributed by atoms with E-state index in [4.69, 9.17) is 21.1 Å². The predicted octanol–water partition coefficient (Wildman–Crippen LogP) is 4.38. The lowest BCUT2D eigenvalue weighted by molar-refractivity contribution is 0.0975. The van der Waals surface area contributed by atoms with E-state index in [-0.39, 0.29) is 11.7 Å². The summed E-state index contributed by atoms with van der Waals surface area (Å²) in [5, 5.41) is 0.415. The molecule has 3 aromatic rings. The molecule has 0 aliphatic rings. The fourth-order valence-electron chi connectivity index (χ4n) is 2.67. The molecule has 0 bridgehead atoms. The quantitative estimate of drug-likeness (QED) is 0.591. The Labute approximate surface area is 168 Å². The Morgan fingerprint density at radius 2 is 1.82 bits per heavy atom. The molecule has 7 heteroatoms. The molecule has 0 aliphatic heterocycles. The summed E-state index contributed by atoms with van der Waals surface area (Å²) in [5.74, 6) is 1.11. The molecule has 0 aliphatic carbocycles. The summed E-state index contributed by atoms with van der Waals surface area (Å²) in [6, 6.07) is 14.4. The third kappa shape index (κ3) is 4.58. The van der Waals surface area contributed by atoms with Crippen LogP contribution in [-0.2, 0) is 6.54 Å². The second-order valence-corrected chi connectivity index (χ2v) is 6.27. The summed E-state index contributed by atoms with van der Waals surface area (Å²) in [7, 11) is 1.54. The number of hydrogen-bond acceptors (Lipinski definition) is 5. The molecule has 0 radical (unpaired) electrons. The highest BCUT2D eigenvalue weighted by atomic mass is 35.5. The SMILES string of the molecule is CCOc1ccc(CN(C(=O)c2ncccn2)c2ccc(OC)c(Cl)c2)cc1. The third-order valence-corrected chi connectivity index (χ3v) is 4.32. The molecule has 144 valence electrons. The number of benzene rings is 2. The molecule has 1 aromatic heterocycles. The van der Waals surface area contributed by atoms with E-state index in [0.29, 0.717) is 29.6 Å². The van der Waals surface area contributed by atoms with E-state index in [1.165, 1.54) is 12.4 Å². The topological polar surface area (TPSA) is 64.5 Å². The number of halogens is 1. The molecule has 6 nitrogen and oxygen atoms in total. The average Bonchev–Trinajstić information content (AvgIpc) is 2.73. The van der Waals surface area contributed by atoms with Gasteiger partial charge in [0, 0.05) is 18.1 Å². The molecule has 0 fully saturated rings. The highest BCUT2D eigenvalue weighted by Gasteiger charge is 2.21. The smallest absolute Gasteiger partial charge is 0.296 e. The number of ether oxygens (including phenoxy) is 2. The van der Waals surface area contributed by atoms with Gasteiger partial charge in [0.2, 0.25) is 5.82 Å². The minimum absolute atomic E-state index is 0.111. The number of carbonyl (C=O) groups is 1. The van der Waals surface area contributed by atoms with E-state index < -0.39 is 0 Å². The lowest BCUT2D eigenvalue weighted by Crippen LogP contribution is -2.31. The van der Waals surface area contributed by atoms with Crippen LogP contribution in [-0.4, -0.2) is 29.6 Å². The normalized spacial score (nSPS) is 10.4. The third-order valence-electron chi connectivity index (χ3n) is 4.02. The highest BCUT2D eigenvalue weighted by molar-refractivity contribution is 6.32. The summed E-state index contributed by atoms with van der Waals surface area (Å²) < 4.78 is 10.7. The van der Waals surface area contributed by atoms with Crippen LogP contribution in [0.4, 0.5) is 5.69 Å². The maximum absolute atomic E-state index is 13.1. The Bertz CT molecular complexity index is 933. The average molecular weight is 398 g/mol. The molecule has 1 heterocycles. The molecular formula is C21H20ClN3O3. The van der Waals surface area contributed by atoms with E-state index in [9.17, 15) is 4.79 Å². The highest BCUT2D eigenvalue weighted by Crippen LogP contribution is 2.30. The standard InChI is InChI=1S/C21H20ClN3O3/c1-3-28-17-8-5-15(6-9-17)14-25(21(26)20-23-11-4-12-24-20)16-7-10-19(27-2)18(22)13-16/h4-13H,3,14H2,1-2H3. The van der Waals surface area contributed by atoms with Crippen molar-refractivity contribution >= 4 is 23.2 Å². The molecule has 2 aromatic carbocycles. The molecule has 0 N–H and O–H groups in total. The van der Waals surface area contributed by atoms with Crippen LogP contribution in [0.3, 0.4) is 0 Å². The molecule has 28 heavy (non-hydrogen) atoms. The summed E-state index contributed by atoms with van der Waals surface area (Å²) >= 11 is 6.27. The Balaban J connectivity index is 1.94. The molecule has 1 amide bonds. The molecule has 0 unspecified atom stereocenters. The van der Waals surface area contributed by atoms with Crippen molar-refractivity contribution in [3.63, 3.8) is 0 Å². The second kappa shape index (κ2) is 9.19. The summed E-state index contributed by atoms with van der Waals surface area (Å²) in [4.78, 5) is 22.8. The molecule has 0 saturated carbocycles. The van der Waals surface area contributed by atoms with Gasteiger partial charge in [0.25, 0.3) is 5.91 Å². The van der Waals surface area contributed by atoms with Crippen molar-refractivity contribution in [3.05, 3.63) is 77.3 Å². The molecular weight excluding hydrogens is 378 g/mol. The Morgan fingerprint density at radius 3 is 2.43 bits per heavy atom. The van der Waals surface area contributed by atoms with Gasteiger partial charge in [0.15, 0.2) is 0 Å². The van der Waals surface area contributed by atoms with E-state index in [1.807, 2.05) is 31.2 Å².